The van der Waals surface area contributed by atoms with Crippen LogP contribution in [-0.4, -0.2) is 23.9 Å². The number of carbonyl (C=O) groups is 2. The van der Waals surface area contributed by atoms with Crippen LogP contribution < -0.4 is 9.64 Å². The second-order valence-corrected chi connectivity index (χ2v) is 8.53. The topological polar surface area (TPSA) is 66.8 Å². The Hall–Kier alpha value is -3.86. The van der Waals surface area contributed by atoms with E-state index in [0.717, 1.165) is 16.7 Å². The molecule has 1 aliphatic heterocycles. The number of ketones is 1. The molecule has 1 amide bonds. The molecule has 0 saturated carbocycles. The molecule has 0 bridgehead atoms. The van der Waals surface area contributed by atoms with Crippen molar-refractivity contribution in [2.75, 3.05) is 12.0 Å². The lowest BCUT2D eigenvalue weighted by Crippen LogP contribution is -2.29. The molecule has 5 nitrogen and oxygen atoms in total. The van der Waals surface area contributed by atoms with Crippen LogP contribution in [0.3, 0.4) is 0 Å². The third-order valence-electron chi connectivity index (χ3n) is 5.96. The van der Waals surface area contributed by atoms with Gasteiger partial charge in [0, 0.05) is 11.3 Å². The highest BCUT2D eigenvalue weighted by Gasteiger charge is 2.47. The van der Waals surface area contributed by atoms with Crippen molar-refractivity contribution in [3.63, 3.8) is 0 Å². The molecule has 3 aromatic carbocycles. The number of benzene rings is 3. The van der Waals surface area contributed by atoms with Crippen molar-refractivity contribution >= 4 is 23.1 Å². The number of anilines is 1. The highest BCUT2D eigenvalue weighted by Crippen LogP contribution is 2.42. The van der Waals surface area contributed by atoms with E-state index in [1.165, 1.54) is 4.90 Å². The number of amides is 1. The van der Waals surface area contributed by atoms with Crippen molar-refractivity contribution in [3.8, 4) is 5.75 Å². The molecule has 0 aromatic heterocycles. The molecule has 1 saturated heterocycles. The molecule has 5 heteroatoms. The Bertz CT molecular complexity index is 1240. The monoisotopic (exact) mass is 441 g/mol. The summed E-state index contributed by atoms with van der Waals surface area (Å²) in [5.74, 6) is -0.700. The minimum atomic E-state index is -0.738. The molecular weight excluding hydrogens is 414 g/mol. The molecule has 0 aliphatic carbocycles. The van der Waals surface area contributed by atoms with E-state index in [0.29, 0.717) is 17.0 Å². The van der Waals surface area contributed by atoms with Crippen molar-refractivity contribution in [3.05, 3.63) is 101 Å². The Morgan fingerprint density at radius 1 is 0.970 bits per heavy atom. The summed E-state index contributed by atoms with van der Waals surface area (Å²) in [7, 11) is 1.60. The van der Waals surface area contributed by atoms with Crippen LogP contribution in [-0.2, 0) is 9.59 Å². The number of aryl methyl sites for hydroxylation is 1. The minimum Gasteiger partial charge on any atom is -0.507 e. The van der Waals surface area contributed by atoms with E-state index in [4.69, 9.17) is 4.74 Å². The largest absolute Gasteiger partial charge is 0.507 e. The zero-order chi connectivity index (χ0) is 23.7. The number of nitrogens with zero attached hydrogens (tertiary/aromatic N) is 1. The van der Waals surface area contributed by atoms with E-state index in [-0.39, 0.29) is 17.3 Å². The lowest BCUT2D eigenvalue weighted by atomic mass is 9.93. The van der Waals surface area contributed by atoms with Gasteiger partial charge in [0.05, 0.1) is 18.7 Å². The fourth-order valence-electron chi connectivity index (χ4n) is 4.32. The summed E-state index contributed by atoms with van der Waals surface area (Å²) in [5, 5.41) is 11.4. The van der Waals surface area contributed by atoms with Crippen LogP contribution in [0.1, 0.15) is 48.1 Å². The van der Waals surface area contributed by atoms with Gasteiger partial charge < -0.3 is 9.84 Å². The molecule has 1 unspecified atom stereocenters. The summed E-state index contributed by atoms with van der Waals surface area (Å²) in [6.07, 6.45) is 0. The van der Waals surface area contributed by atoms with Crippen LogP contribution in [0.25, 0.3) is 5.76 Å². The van der Waals surface area contributed by atoms with Crippen molar-refractivity contribution in [1.82, 2.24) is 0 Å². The van der Waals surface area contributed by atoms with E-state index in [1.54, 1.807) is 25.3 Å². The van der Waals surface area contributed by atoms with Gasteiger partial charge >= 0.3 is 0 Å². The van der Waals surface area contributed by atoms with Crippen molar-refractivity contribution in [2.45, 2.75) is 32.7 Å². The van der Waals surface area contributed by atoms with Gasteiger partial charge in [-0.15, -0.1) is 0 Å². The molecule has 0 radical (unpaired) electrons. The average Bonchev–Trinajstić information content (AvgIpc) is 3.09. The van der Waals surface area contributed by atoms with Gasteiger partial charge in [-0.25, -0.2) is 0 Å². The van der Waals surface area contributed by atoms with Crippen molar-refractivity contribution < 1.29 is 19.4 Å². The molecule has 33 heavy (non-hydrogen) atoms. The number of carbonyl (C=O) groups excluding carboxylic acids is 2. The summed E-state index contributed by atoms with van der Waals surface area (Å²) in [4.78, 5) is 28.0. The summed E-state index contributed by atoms with van der Waals surface area (Å²) in [6, 6.07) is 21.3. The molecule has 1 fully saturated rings. The standard InChI is InChI=1S/C28H27NO4/c1-17(2)22-16-20(13-14-23(22)33-4)26(30)24-25(19-10-6-5-7-11-19)29(28(32)27(24)31)21-12-8-9-18(3)15-21/h5-17,25,30H,1-4H3/b26-24-. The molecule has 1 atom stereocenters. The normalized spacial score (nSPS) is 17.6. The number of methoxy groups -OCH3 is 1. The third-order valence-corrected chi connectivity index (χ3v) is 5.96. The van der Waals surface area contributed by atoms with Crippen molar-refractivity contribution in [2.24, 2.45) is 0 Å². The second kappa shape index (κ2) is 8.94. The molecular formula is C28H27NO4. The summed E-state index contributed by atoms with van der Waals surface area (Å²) in [5.41, 5.74) is 3.79. The SMILES string of the molecule is COc1ccc(/C(O)=C2/C(=O)C(=O)N(c3cccc(C)c3)C2c2ccccc2)cc1C(C)C. The first-order valence-corrected chi connectivity index (χ1v) is 10.9. The Morgan fingerprint density at radius 3 is 2.33 bits per heavy atom. The third kappa shape index (κ3) is 4.02. The molecule has 0 spiro atoms. The molecule has 168 valence electrons. The van der Waals surface area contributed by atoms with Gasteiger partial charge in [0.1, 0.15) is 11.5 Å². The van der Waals surface area contributed by atoms with Crippen LogP contribution in [0.4, 0.5) is 5.69 Å². The predicted octanol–water partition coefficient (Wildman–Crippen LogP) is 5.75. The number of hydrogen-bond donors (Lipinski definition) is 1. The number of hydrogen-bond acceptors (Lipinski definition) is 4. The zero-order valence-corrected chi connectivity index (χ0v) is 19.2. The van der Waals surface area contributed by atoms with Gasteiger partial charge in [0.25, 0.3) is 11.7 Å². The first-order chi connectivity index (χ1) is 15.8. The zero-order valence-electron chi connectivity index (χ0n) is 19.2. The Morgan fingerprint density at radius 2 is 1.70 bits per heavy atom. The van der Waals surface area contributed by atoms with Crippen LogP contribution in [0, 0.1) is 6.92 Å². The fourth-order valence-corrected chi connectivity index (χ4v) is 4.32. The van der Waals surface area contributed by atoms with Crippen LogP contribution in [0.5, 0.6) is 5.75 Å². The maximum absolute atomic E-state index is 13.3. The van der Waals surface area contributed by atoms with Gasteiger partial charge in [0.2, 0.25) is 0 Å². The number of Topliss-reactive ketones (excluding diaryl/α,β-unsaturated/α-hetero) is 1. The Labute approximate surface area is 193 Å². The average molecular weight is 442 g/mol. The Balaban J connectivity index is 1.94. The smallest absolute Gasteiger partial charge is 0.300 e. The summed E-state index contributed by atoms with van der Waals surface area (Å²) < 4.78 is 5.45. The first kappa shape index (κ1) is 22.3. The van der Waals surface area contributed by atoms with Crippen LogP contribution >= 0.6 is 0 Å². The lowest BCUT2D eigenvalue weighted by Gasteiger charge is -2.25. The van der Waals surface area contributed by atoms with E-state index in [1.807, 2.05) is 75.4 Å². The van der Waals surface area contributed by atoms with Gasteiger partial charge in [-0.1, -0.05) is 56.3 Å². The number of ether oxygens (including phenoxy) is 1. The van der Waals surface area contributed by atoms with Gasteiger partial charge in [-0.3, -0.25) is 14.5 Å². The molecule has 1 aliphatic rings. The maximum Gasteiger partial charge on any atom is 0.300 e. The Kier molecular flexibility index (Phi) is 6.05. The minimum absolute atomic E-state index is 0.0765. The quantitative estimate of drug-likeness (QED) is 0.311. The van der Waals surface area contributed by atoms with Crippen molar-refractivity contribution in [1.29, 1.82) is 0 Å². The molecule has 3 aromatic rings. The summed E-state index contributed by atoms with van der Waals surface area (Å²) >= 11 is 0. The predicted molar refractivity (Wildman–Crippen MR) is 129 cm³/mol. The van der Waals surface area contributed by atoms with Crippen LogP contribution in [0.2, 0.25) is 0 Å². The number of rotatable bonds is 5. The number of aliphatic hydroxyl groups is 1. The maximum atomic E-state index is 13.3. The highest BCUT2D eigenvalue weighted by molar-refractivity contribution is 6.51. The second-order valence-electron chi connectivity index (χ2n) is 8.53. The molecule has 1 heterocycles. The van der Waals surface area contributed by atoms with E-state index < -0.39 is 17.7 Å². The summed E-state index contributed by atoms with van der Waals surface area (Å²) in [6.45, 7) is 5.99. The van der Waals surface area contributed by atoms with Gasteiger partial charge in [0.15, 0.2) is 0 Å². The van der Waals surface area contributed by atoms with E-state index >= 15 is 0 Å². The highest BCUT2D eigenvalue weighted by atomic mass is 16.5. The molecule has 1 N–H and O–H groups in total. The van der Waals surface area contributed by atoms with Crippen LogP contribution in [0.15, 0.2) is 78.4 Å². The first-order valence-electron chi connectivity index (χ1n) is 10.9. The van der Waals surface area contributed by atoms with E-state index in [2.05, 4.69) is 0 Å². The van der Waals surface area contributed by atoms with E-state index in [9.17, 15) is 14.7 Å². The fraction of sp³-hybridized carbons (Fsp3) is 0.214. The molecule has 4 rings (SSSR count). The number of aliphatic hydroxyl groups excluding tert-OH is 1. The van der Waals surface area contributed by atoms with Gasteiger partial charge in [-0.05, 0) is 59.9 Å². The van der Waals surface area contributed by atoms with Gasteiger partial charge in [-0.2, -0.15) is 0 Å². The lowest BCUT2D eigenvalue weighted by molar-refractivity contribution is -0.132.